The lowest BCUT2D eigenvalue weighted by atomic mass is 9.87. The van der Waals surface area contributed by atoms with Crippen LogP contribution in [-0.2, 0) is 16.0 Å². The zero-order valence-corrected chi connectivity index (χ0v) is 14.0. The summed E-state index contributed by atoms with van der Waals surface area (Å²) in [5.74, 6) is -10.7. The fourth-order valence-corrected chi connectivity index (χ4v) is 2.63. The van der Waals surface area contributed by atoms with E-state index in [0.29, 0.717) is 18.2 Å². The van der Waals surface area contributed by atoms with E-state index in [4.69, 9.17) is 10.5 Å². The summed E-state index contributed by atoms with van der Waals surface area (Å²) in [7, 11) is 0. The third kappa shape index (κ3) is 4.60. The van der Waals surface area contributed by atoms with Gasteiger partial charge in [0.25, 0.3) is 0 Å². The molecule has 0 saturated carbocycles. The zero-order valence-electron chi connectivity index (χ0n) is 14.0. The molecule has 2 rings (SSSR count). The lowest BCUT2D eigenvalue weighted by molar-refractivity contribution is -0.145. The van der Waals surface area contributed by atoms with Crippen molar-refractivity contribution in [3.63, 3.8) is 0 Å². The summed E-state index contributed by atoms with van der Waals surface area (Å²) >= 11 is 0. The van der Waals surface area contributed by atoms with Crippen LogP contribution in [0.15, 0.2) is 24.3 Å². The third-order valence-electron chi connectivity index (χ3n) is 3.89. The van der Waals surface area contributed by atoms with Gasteiger partial charge >= 0.3 is 5.97 Å². The predicted octanol–water partition coefficient (Wildman–Crippen LogP) is 3.74. The summed E-state index contributed by atoms with van der Waals surface area (Å²) in [5.41, 5.74) is 4.89. The van der Waals surface area contributed by atoms with Crippen molar-refractivity contribution in [2.24, 2.45) is 5.73 Å². The van der Waals surface area contributed by atoms with Gasteiger partial charge in [-0.2, -0.15) is 0 Å². The molecule has 0 spiro atoms. The second-order valence-electron chi connectivity index (χ2n) is 5.74. The molecule has 9 heteroatoms. The van der Waals surface area contributed by atoms with Gasteiger partial charge in [0.2, 0.25) is 0 Å². The SMILES string of the molecule is CCOC(=O)[C@H](c1cc(F)c(F)cc1F)C(N)Cc1cc(F)c(F)cc1F. The number of hydrogen-bond donors (Lipinski definition) is 1. The van der Waals surface area contributed by atoms with Crippen molar-refractivity contribution >= 4 is 5.97 Å². The van der Waals surface area contributed by atoms with E-state index < -0.39 is 64.8 Å². The average molecular weight is 391 g/mol. The summed E-state index contributed by atoms with van der Waals surface area (Å²) in [5, 5.41) is 0. The Bertz CT molecular complexity index is 858. The molecule has 0 aromatic heterocycles. The first-order chi connectivity index (χ1) is 12.6. The number of rotatable bonds is 6. The van der Waals surface area contributed by atoms with Crippen LogP contribution in [0.4, 0.5) is 26.3 Å². The molecule has 0 fully saturated rings. The second-order valence-corrected chi connectivity index (χ2v) is 5.74. The number of benzene rings is 2. The molecular weight excluding hydrogens is 376 g/mol. The summed E-state index contributed by atoms with van der Waals surface area (Å²) in [6, 6.07) is 0.140. The Morgan fingerprint density at radius 2 is 1.41 bits per heavy atom. The van der Waals surface area contributed by atoms with E-state index in [2.05, 4.69) is 0 Å². The van der Waals surface area contributed by atoms with Gasteiger partial charge in [-0.25, -0.2) is 26.3 Å². The van der Waals surface area contributed by atoms with Crippen molar-refractivity contribution in [3.05, 3.63) is 70.3 Å². The number of esters is 1. The van der Waals surface area contributed by atoms with E-state index in [1.165, 1.54) is 6.92 Å². The molecule has 27 heavy (non-hydrogen) atoms. The van der Waals surface area contributed by atoms with Crippen molar-refractivity contribution in [1.29, 1.82) is 0 Å². The van der Waals surface area contributed by atoms with Gasteiger partial charge in [-0.3, -0.25) is 4.79 Å². The monoisotopic (exact) mass is 391 g/mol. The quantitative estimate of drug-likeness (QED) is 0.464. The van der Waals surface area contributed by atoms with Crippen LogP contribution in [-0.4, -0.2) is 18.6 Å². The standard InChI is InChI=1S/C18H15F6NO2/c1-2-27-18(26)17(9-5-13(22)15(24)7-11(9)20)16(25)4-8-3-12(21)14(23)6-10(8)19/h3,5-7,16-17H,2,4,25H2,1H3/t16?,17-/m1/s1. The molecule has 0 aliphatic heterocycles. The van der Waals surface area contributed by atoms with Crippen LogP contribution >= 0.6 is 0 Å². The summed E-state index contributed by atoms with van der Waals surface area (Å²) in [4.78, 5) is 12.2. The van der Waals surface area contributed by atoms with Crippen LogP contribution in [0.25, 0.3) is 0 Å². The van der Waals surface area contributed by atoms with Gasteiger partial charge in [-0.05, 0) is 31.0 Å². The van der Waals surface area contributed by atoms with E-state index in [1.54, 1.807) is 0 Å². The maximum absolute atomic E-state index is 14.1. The Labute approximate surface area is 150 Å². The van der Waals surface area contributed by atoms with Crippen LogP contribution in [0.2, 0.25) is 0 Å². The van der Waals surface area contributed by atoms with Gasteiger partial charge in [0.05, 0.1) is 6.61 Å². The average Bonchev–Trinajstić information content (AvgIpc) is 2.57. The van der Waals surface area contributed by atoms with Crippen molar-refractivity contribution < 1.29 is 35.9 Å². The minimum absolute atomic E-state index is 0.118. The Morgan fingerprint density at radius 3 is 2.00 bits per heavy atom. The first-order valence-electron chi connectivity index (χ1n) is 7.85. The van der Waals surface area contributed by atoms with E-state index in [1.807, 2.05) is 0 Å². The summed E-state index contributed by atoms with van der Waals surface area (Å²) < 4.78 is 85.8. The molecule has 0 radical (unpaired) electrons. The second kappa shape index (κ2) is 8.43. The van der Waals surface area contributed by atoms with E-state index in [9.17, 15) is 31.1 Å². The first kappa shape index (κ1) is 20.8. The molecule has 2 aromatic rings. The first-order valence-corrected chi connectivity index (χ1v) is 7.85. The highest BCUT2D eigenvalue weighted by Crippen LogP contribution is 2.28. The number of hydrogen-bond acceptors (Lipinski definition) is 3. The molecule has 0 aliphatic carbocycles. The molecule has 3 nitrogen and oxygen atoms in total. The van der Waals surface area contributed by atoms with Crippen molar-refractivity contribution in [2.45, 2.75) is 25.3 Å². The van der Waals surface area contributed by atoms with Crippen LogP contribution in [0, 0.1) is 34.9 Å². The number of carbonyl (C=O) groups excluding carboxylic acids is 1. The number of nitrogens with two attached hydrogens (primary N) is 1. The van der Waals surface area contributed by atoms with Gasteiger partial charge in [0, 0.05) is 23.7 Å². The van der Waals surface area contributed by atoms with Gasteiger partial charge in [0.15, 0.2) is 23.3 Å². The third-order valence-corrected chi connectivity index (χ3v) is 3.89. The van der Waals surface area contributed by atoms with Crippen LogP contribution in [0.3, 0.4) is 0 Å². The van der Waals surface area contributed by atoms with Gasteiger partial charge < -0.3 is 10.5 Å². The fourth-order valence-electron chi connectivity index (χ4n) is 2.63. The molecule has 0 amide bonds. The molecule has 2 aromatic carbocycles. The Balaban J connectivity index is 2.44. The minimum atomic E-state index is -1.63. The Hall–Kier alpha value is -2.55. The molecular formula is C18H15F6NO2. The maximum Gasteiger partial charge on any atom is 0.315 e. The van der Waals surface area contributed by atoms with Gasteiger partial charge in [0.1, 0.15) is 17.6 Å². The number of ether oxygens (including phenoxy) is 1. The molecule has 1 unspecified atom stereocenters. The topological polar surface area (TPSA) is 52.3 Å². The Morgan fingerprint density at radius 1 is 0.889 bits per heavy atom. The van der Waals surface area contributed by atoms with Crippen LogP contribution < -0.4 is 5.73 Å². The predicted molar refractivity (Wildman–Crippen MR) is 83.7 cm³/mol. The van der Waals surface area contributed by atoms with E-state index in [-0.39, 0.29) is 18.2 Å². The van der Waals surface area contributed by atoms with Gasteiger partial charge in [-0.1, -0.05) is 0 Å². The minimum Gasteiger partial charge on any atom is -0.465 e. The van der Waals surface area contributed by atoms with Gasteiger partial charge in [-0.15, -0.1) is 0 Å². The van der Waals surface area contributed by atoms with E-state index >= 15 is 0 Å². The smallest absolute Gasteiger partial charge is 0.315 e. The fraction of sp³-hybridized carbons (Fsp3) is 0.278. The van der Waals surface area contributed by atoms with Crippen LogP contribution in [0.5, 0.6) is 0 Å². The largest absolute Gasteiger partial charge is 0.465 e. The molecule has 146 valence electrons. The number of halogens is 6. The highest BCUT2D eigenvalue weighted by molar-refractivity contribution is 5.79. The maximum atomic E-state index is 14.1. The van der Waals surface area contributed by atoms with Crippen molar-refractivity contribution in [3.8, 4) is 0 Å². The van der Waals surface area contributed by atoms with Crippen molar-refractivity contribution in [1.82, 2.24) is 0 Å². The summed E-state index contributed by atoms with van der Waals surface area (Å²) in [6.07, 6.45) is -0.523. The van der Waals surface area contributed by atoms with E-state index in [0.717, 1.165) is 0 Å². The molecule has 0 heterocycles. The molecule has 0 bridgehead atoms. The number of carbonyl (C=O) groups is 1. The normalized spacial score (nSPS) is 13.3. The Kier molecular flexibility index (Phi) is 6.48. The molecule has 2 atom stereocenters. The molecule has 2 N–H and O–H groups in total. The zero-order chi connectivity index (χ0) is 20.3. The highest BCUT2D eigenvalue weighted by Gasteiger charge is 2.33. The molecule has 0 saturated heterocycles. The van der Waals surface area contributed by atoms with Crippen LogP contribution in [0.1, 0.15) is 24.0 Å². The lowest BCUT2D eigenvalue weighted by Crippen LogP contribution is -2.37. The molecule has 0 aliphatic rings. The lowest BCUT2D eigenvalue weighted by Gasteiger charge is -2.23. The highest BCUT2D eigenvalue weighted by atomic mass is 19.2. The summed E-state index contributed by atoms with van der Waals surface area (Å²) in [6.45, 7) is 1.34. The van der Waals surface area contributed by atoms with Crippen molar-refractivity contribution in [2.75, 3.05) is 6.61 Å².